The Balaban J connectivity index is 2.02. The Morgan fingerprint density at radius 2 is 1.84 bits per heavy atom. The predicted molar refractivity (Wildman–Crippen MR) is 99.4 cm³/mol. The standard InChI is InChI=1S/C18H28N2O4S/c1-5-17(18(21)20-12-10-14(2)11-13-20)24-16-8-6-15(7-9-16)19(3)25(4,22)23/h6-9,14,17H,5,10-13H2,1-4H3/t17-/m0/s1. The molecule has 0 aliphatic carbocycles. The first-order chi connectivity index (χ1) is 11.7. The van der Waals surface area contributed by atoms with Gasteiger partial charge in [0.1, 0.15) is 5.75 Å². The van der Waals surface area contributed by atoms with Crippen LogP contribution in [0.1, 0.15) is 33.1 Å². The Hall–Kier alpha value is -1.76. The molecule has 2 rings (SSSR count). The number of rotatable bonds is 6. The third-order valence-electron chi connectivity index (χ3n) is 4.72. The lowest BCUT2D eigenvalue weighted by Crippen LogP contribution is -2.45. The third-order valence-corrected chi connectivity index (χ3v) is 5.92. The molecule has 1 atom stereocenters. The summed E-state index contributed by atoms with van der Waals surface area (Å²) in [5, 5.41) is 0. The van der Waals surface area contributed by atoms with E-state index in [0.717, 1.165) is 32.2 Å². The number of anilines is 1. The van der Waals surface area contributed by atoms with Crippen molar-refractivity contribution in [2.24, 2.45) is 5.92 Å². The van der Waals surface area contributed by atoms with Crippen LogP contribution in [0.3, 0.4) is 0 Å². The maximum atomic E-state index is 12.7. The average molecular weight is 368 g/mol. The fraction of sp³-hybridized carbons (Fsp3) is 0.611. The molecule has 1 heterocycles. The topological polar surface area (TPSA) is 66.9 Å². The number of ether oxygens (including phenoxy) is 1. The summed E-state index contributed by atoms with van der Waals surface area (Å²) in [6, 6.07) is 6.75. The van der Waals surface area contributed by atoms with Crippen molar-refractivity contribution in [2.75, 3.05) is 30.7 Å². The molecule has 140 valence electrons. The summed E-state index contributed by atoms with van der Waals surface area (Å²) in [6.45, 7) is 5.72. The minimum Gasteiger partial charge on any atom is -0.481 e. The van der Waals surface area contributed by atoms with Gasteiger partial charge < -0.3 is 9.64 Å². The van der Waals surface area contributed by atoms with Crippen molar-refractivity contribution in [3.05, 3.63) is 24.3 Å². The summed E-state index contributed by atoms with van der Waals surface area (Å²) in [7, 11) is -1.80. The highest BCUT2D eigenvalue weighted by Gasteiger charge is 2.27. The number of carbonyl (C=O) groups excluding carboxylic acids is 1. The Labute approximate surface area is 150 Å². The Bertz CT molecular complexity index is 680. The number of carbonyl (C=O) groups is 1. The molecular weight excluding hydrogens is 340 g/mol. The van der Waals surface area contributed by atoms with Gasteiger partial charge >= 0.3 is 0 Å². The summed E-state index contributed by atoms with van der Waals surface area (Å²) in [5.74, 6) is 1.27. The number of nitrogens with zero attached hydrogens (tertiary/aromatic N) is 2. The van der Waals surface area contributed by atoms with E-state index in [1.54, 1.807) is 24.3 Å². The number of benzene rings is 1. The average Bonchev–Trinajstić information content (AvgIpc) is 2.59. The number of hydrogen-bond donors (Lipinski definition) is 0. The quantitative estimate of drug-likeness (QED) is 0.774. The summed E-state index contributed by atoms with van der Waals surface area (Å²) in [5.41, 5.74) is 0.555. The van der Waals surface area contributed by atoms with Crippen molar-refractivity contribution in [1.82, 2.24) is 4.90 Å². The van der Waals surface area contributed by atoms with Crippen molar-refractivity contribution in [3.8, 4) is 5.75 Å². The van der Waals surface area contributed by atoms with E-state index in [-0.39, 0.29) is 5.91 Å². The van der Waals surface area contributed by atoms with Gasteiger partial charge in [-0.3, -0.25) is 9.10 Å². The Morgan fingerprint density at radius 1 is 1.28 bits per heavy atom. The molecule has 1 aromatic rings. The second-order valence-corrected chi connectivity index (χ2v) is 8.76. The minimum absolute atomic E-state index is 0.0340. The van der Waals surface area contributed by atoms with Crippen LogP contribution in [0.4, 0.5) is 5.69 Å². The van der Waals surface area contributed by atoms with E-state index in [0.29, 0.717) is 23.8 Å². The molecule has 0 radical (unpaired) electrons. The maximum Gasteiger partial charge on any atom is 0.263 e. The molecule has 25 heavy (non-hydrogen) atoms. The summed E-state index contributed by atoms with van der Waals surface area (Å²) >= 11 is 0. The van der Waals surface area contributed by atoms with E-state index in [1.165, 1.54) is 11.4 Å². The number of likely N-dealkylation sites (tertiary alicyclic amines) is 1. The summed E-state index contributed by atoms with van der Waals surface area (Å²) in [6.07, 6.45) is 3.31. The van der Waals surface area contributed by atoms with E-state index < -0.39 is 16.1 Å². The van der Waals surface area contributed by atoms with Crippen molar-refractivity contribution in [2.45, 2.75) is 39.2 Å². The van der Waals surface area contributed by atoms with Crippen LogP contribution in [0.25, 0.3) is 0 Å². The van der Waals surface area contributed by atoms with Gasteiger partial charge in [-0.15, -0.1) is 0 Å². The molecule has 1 fully saturated rings. The lowest BCUT2D eigenvalue weighted by Gasteiger charge is -2.32. The van der Waals surface area contributed by atoms with Crippen LogP contribution >= 0.6 is 0 Å². The van der Waals surface area contributed by atoms with E-state index >= 15 is 0 Å². The molecule has 0 spiro atoms. The fourth-order valence-electron chi connectivity index (χ4n) is 2.83. The predicted octanol–water partition coefficient (Wildman–Crippen LogP) is 2.50. The second-order valence-electron chi connectivity index (χ2n) is 6.75. The number of amides is 1. The first-order valence-electron chi connectivity index (χ1n) is 8.71. The minimum atomic E-state index is -3.30. The lowest BCUT2D eigenvalue weighted by atomic mass is 9.99. The highest BCUT2D eigenvalue weighted by atomic mass is 32.2. The summed E-state index contributed by atoms with van der Waals surface area (Å²) in [4.78, 5) is 14.5. The number of hydrogen-bond acceptors (Lipinski definition) is 4. The van der Waals surface area contributed by atoms with E-state index in [1.807, 2.05) is 11.8 Å². The van der Waals surface area contributed by atoms with E-state index in [2.05, 4.69) is 6.92 Å². The van der Waals surface area contributed by atoms with Crippen molar-refractivity contribution in [3.63, 3.8) is 0 Å². The smallest absolute Gasteiger partial charge is 0.263 e. The molecule has 0 N–H and O–H groups in total. The zero-order valence-corrected chi connectivity index (χ0v) is 16.3. The fourth-order valence-corrected chi connectivity index (χ4v) is 3.34. The molecule has 1 aliphatic rings. The van der Waals surface area contributed by atoms with Crippen LogP contribution in [0.5, 0.6) is 5.75 Å². The zero-order valence-electron chi connectivity index (χ0n) is 15.4. The summed E-state index contributed by atoms with van der Waals surface area (Å²) < 4.78 is 30.2. The van der Waals surface area contributed by atoms with Crippen molar-refractivity contribution < 1.29 is 17.9 Å². The van der Waals surface area contributed by atoms with E-state index in [9.17, 15) is 13.2 Å². The molecular formula is C18H28N2O4S. The highest BCUT2D eigenvalue weighted by Crippen LogP contribution is 2.23. The van der Waals surface area contributed by atoms with Gasteiger partial charge in [-0.2, -0.15) is 0 Å². The Morgan fingerprint density at radius 3 is 2.32 bits per heavy atom. The van der Waals surface area contributed by atoms with Gasteiger partial charge in [0.25, 0.3) is 5.91 Å². The Kier molecular flexibility index (Phi) is 6.32. The molecule has 0 bridgehead atoms. The van der Waals surface area contributed by atoms with Gasteiger partial charge in [-0.05, 0) is 49.4 Å². The van der Waals surface area contributed by atoms with Crippen LogP contribution < -0.4 is 9.04 Å². The first-order valence-corrected chi connectivity index (χ1v) is 10.6. The molecule has 7 heteroatoms. The van der Waals surface area contributed by atoms with Gasteiger partial charge in [0.15, 0.2) is 6.10 Å². The van der Waals surface area contributed by atoms with Gasteiger partial charge in [-0.1, -0.05) is 13.8 Å². The van der Waals surface area contributed by atoms with Gasteiger partial charge in [0, 0.05) is 20.1 Å². The van der Waals surface area contributed by atoms with Gasteiger partial charge in [0.05, 0.1) is 11.9 Å². The first kappa shape index (κ1) is 19.6. The van der Waals surface area contributed by atoms with Crippen molar-refractivity contribution >= 4 is 21.6 Å². The molecule has 0 aromatic heterocycles. The third kappa shape index (κ3) is 5.11. The van der Waals surface area contributed by atoms with Crippen LogP contribution in [-0.2, 0) is 14.8 Å². The van der Waals surface area contributed by atoms with Crippen LogP contribution in [0.15, 0.2) is 24.3 Å². The largest absolute Gasteiger partial charge is 0.481 e. The van der Waals surface area contributed by atoms with Gasteiger partial charge in [0.2, 0.25) is 10.0 Å². The number of piperidine rings is 1. The lowest BCUT2D eigenvalue weighted by molar-refractivity contribution is -0.140. The maximum absolute atomic E-state index is 12.7. The molecule has 0 saturated carbocycles. The normalized spacial score (nSPS) is 17.2. The van der Waals surface area contributed by atoms with Crippen LogP contribution in [-0.4, -0.2) is 51.7 Å². The van der Waals surface area contributed by atoms with Crippen LogP contribution in [0.2, 0.25) is 0 Å². The van der Waals surface area contributed by atoms with E-state index in [4.69, 9.17) is 4.74 Å². The number of sulfonamides is 1. The molecule has 1 amide bonds. The monoisotopic (exact) mass is 368 g/mol. The highest BCUT2D eigenvalue weighted by molar-refractivity contribution is 7.92. The molecule has 0 unspecified atom stereocenters. The molecule has 1 saturated heterocycles. The zero-order chi connectivity index (χ0) is 18.6. The van der Waals surface area contributed by atoms with Crippen LogP contribution in [0, 0.1) is 5.92 Å². The molecule has 1 aromatic carbocycles. The van der Waals surface area contributed by atoms with Crippen molar-refractivity contribution in [1.29, 1.82) is 0 Å². The molecule has 6 nitrogen and oxygen atoms in total. The SMILES string of the molecule is CC[C@H](Oc1ccc(N(C)S(C)(=O)=O)cc1)C(=O)N1CCC(C)CC1. The second kappa shape index (κ2) is 8.08. The van der Waals surface area contributed by atoms with Gasteiger partial charge in [-0.25, -0.2) is 8.42 Å². The molecule has 1 aliphatic heterocycles.